The van der Waals surface area contributed by atoms with E-state index >= 15 is 0 Å². The summed E-state index contributed by atoms with van der Waals surface area (Å²) in [5.74, 6) is -0.0915. The minimum absolute atomic E-state index is 0.261. The van der Waals surface area contributed by atoms with Gasteiger partial charge in [0, 0.05) is 22.5 Å². The highest BCUT2D eigenvalue weighted by atomic mass is 35.5. The van der Waals surface area contributed by atoms with Gasteiger partial charge in [-0.05, 0) is 37.3 Å². The zero-order valence-corrected chi connectivity index (χ0v) is 12.4. The van der Waals surface area contributed by atoms with Crippen molar-refractivity contribution in [2.45, 2.75) is 20.1 Å². The van der Waals surface area contributed by atoms with E-state index in [1.165, 1.54) is 6.07 Å². The van der Waals surface area contributed by atoms with Crippen molar-refractivity contribution in [2.75, 3.05) is 0 Å². The van der Waals surface area contributed by atoms with E-state index in [0.29, 0.717) is 11.6 Å². The second-order valence-electron chi connectivity index (χ2n) is 4.77. The van der Waals surface area contributed by atoms with E-state index < -0.39 is 0 Å². The van der Waals surface area contributed by atoms with Crippen LogP contribution in [0.4, 0.5) is 4.39 Å². The lowest BCUT2D eigenvalue weighted by Crippen LogP contribution is -2.05. The highest BCUT2D eigenvalue weighted by Crippen LogP contribution is 2.28. The Kier molecular flexibility index (Phi) is 3.84. The molecule has 0 aliphatic heterocycles. The Morgan fingerprint density at radius 3 is 2.71 bits per heavy atom. The van der Waals surface area contributed by atoms with Crippen molar-refractivity contribution >= 4 is 22.5 Å². The Hall–Kier alpha value is -2.00. The molecule has 3 aromatic rings. The van der Waals surface area contributed by atoms with Crippen LogP contribution in [0.5, 0.6) is 5.75 Å². The minimum atomic E-state index is -0.352. The molecule has 0 saturated heterocycles. The quantitative estimate of drug-likeness (QED) is 0.659. The monoisotopic (exact) mass is 303 g/mol. The van der Waals surface area contributed by atoms with E-state index in [0.717, 1.165) is 23.1 Å². The highest BCUT2D eigenvalue weighted by molar-refractivity contribution is 6.35. The van der Waals surface area contributed by atoms with Gasteiger partial charge in [0.05, 0.1) is 5.69 Å². The lowest BCUT2D eigenvalue weighted by Gasteiger charge is -2.10. The number of rotatable bonds is 4. The molecule has 0 saturated carbocycles. The van der Waals surface area contributed by atoms with Gasteiger partial charge in [0.25, 0.3) is 0 Å². The number of hydrogen-bond donors (Lipinski definition) is 0. The fraction of sp³-hybridized carbons (Fsp3) is 0.176. The summed E-state index contributed by atoms with van der Waals surface area (Å²) in [7, 11) is 0. The fourth-order valence-electron chi connectivity index (χ4n) is 2.51. The molecule has 2 nitrogen and oxygen atoms in total. The molecule has 0 aliphatic carbocycles. The smallest absolute Gasteiger partial charge is 0.165 e. The molecule has 1 heterocycles. The number of para-hydroxylation sites is 1. The molecule has 0 bridgehead atoms. The number of nitrogens with zero attached hydrogens (tertiary/aromatic N) is 1. The molecule has 108 valence electrons. The normalized spacial score (nSPS) is 11.0. The van der Waals surface area contributed by atoms with E-state index in [1.807, 2.05) is 24.3 Å². The molecule has 0 spiro atoms. The summed E-state index contributed by atoms with van der Waals surface area (Å²) in [6.45, 7) is 3.17. The van der Waals surface area contributed by atoms with Crippen molar-refractivity contribution in [3.8, 4) is 5.75 Å². The first-order valence-electron chi connectivity index (χ1n) is 6.84. The van der Waals surface area contributed by atoms with Crippen molar-refractivity contribution in [1.82, 2.24) is 4.57 Å². The van der Waals surface area contributed by atoms with Gasteiger partial charge in [-0.2, -0.15) is 0 Å². The predicted molar refractivity (Wildman–Crippen MR) is 83.4 cm³/mol. The Labute approximate surface area is 127 Å². The van der Waals surface area contributed by atoms with E-state index in [9.17, 15) is 4.39 Å². The molecule has 0 fully saturated rings. The van der Waals surface area contributed by atoms with Gasteiger partial charge >= 0.3 is 0 Å². The molecular weight excluding hydrogens is 289 g/mol. The fourth-order valence-corrected chi connectivity index (χ4v) is 2.73. The lowest BCUT2D eigenvalue weighted by molar-refractivity contribution is 0.281. The Bertz CT molecular complexity index is 782. The van der Waals surface area contributed by atoms with Crippen LogP contribution in [0.3, 0.4) is 0 Å². The predicted octanol–water partition coefficient (Wildman–Crippen LogP) is 5.03. The van der Waals surface area contributed by atoms with Gasteiger partial charge in [-0.3, -0.25) is 0 Å². The first kappa shape index (κ1) is 14.0. The molecule has 0 amide bonds. The summed E-state index contributed by atoms with van der Waals surface area (Å²) < 4.78 is 21.3. The van der Waals surface area contributed by atoms with Crippen LogP contribution in [0.2, 0.25) is 5.02 Å². The first-order valence-corrected chi connectivity index (χ1v) is 7.22. The van der Waals surface area contributed by atoms with Crippen LogP contribution in [0.15, 0.2) is 48.5 Å². The number of ether oxygens (including phenoxy) is 1. The summed E-state index contributed by atoms with van der Waals surface area (Å²) in [6.07, 6.45) is 0. The van der Waals surface area contributed by atoms with Crippen molar-refractivity contribution in [2.24, 2.45) is 0 Å². The highest BCUT2D eigenvalue weighted by Gasteiger charge is 2.11. The average molecular weight is 304 g/mol. The van der Waals surface area contributed by atoms with Gasteiger partial charge in [-0.15, -0.1) is 0 Å². The maximum absolute atomic E-state index is 13.6. The van der Waals surface area contributed by atoms with Crippen molar-refractivity contribution in [3.05, 3.63) is 65.1 Å². The molecule has 0 atom stereocenters. The Morgan fingerprint density at radius 2 is 1.95 bits per heavy atom. The molecule has 0 N–H and O–H groups in total. The van der Waals surface area contributed by atoms with E-state index in [-0.39, 0.29) is 11.6 Å². The molecule has 0 unspecified atom stereocenters. The third-order valence-corrected chi connectivity index (χ3v) is 3.84. The van der Waals surface area contributed by atoms with Crippen molar-refractivity contribution < 1.29 is 9.13 Å². The van der Waals surface area contributed by atoms with Gasteiger partial charge in [-0.1, -0.05) is 29.8 Å². The lowest BCUT2D eigenvalue weighted by atomic mass is 10.2. The van der Waals surface area contributed by atoms with E-state index in [4.69, 9.17) is 16.3 Å². The first-order chi connectivity index (χ1) is 10.2. The van der Waals surface area contributed by atoms with Crippen molar-refractivity contribution in [1.29, 1.82) is 0 Å². The summed E-state index contributed by atoms with van der Waals surface area (Å²) in [4.78, 5) is 0. The molecule has 4 heteroatoms. The number of aryl methyl sites for hydroxylation is 1. The van der Waals surface area contributed by atoms with Crippen LogP contribution in [0, 0.1) is 5.82 Å². The topological polar surface area (TPSA) is 14.2 Å². The molecule has 1 aromatic heterocycles. The van der Waals surface area contributed by atoms with Gasteiger partial charge < -0.3 is 9.30 Å². The summed E-state index contributed by atoms with van der Waals surface area (Å²) in [6, 6.07) is 14.2. The maximum atomic E-state index is 13.6. The van der Waals surface area contributed by atoms with Gasteiger partial charge in [-0.25, -0.2) is 4.39 Å². The summed E-state index contributed by atoms with van der Waals surface area (Å²) >= 11 is 6.23. The minimum Gasteiger partial charge on any atom is -0.484 e. The summed E-state index contributed by atoms with van der Waals surface area (Å²) in [5.41, 5.74) is 2.04. The zero-order chi connectivity index (χ0) is 14.8. The SMILES string of the molecule is CCn1c(COc2ccccc2F)cc2c(Cl)cccc21. The zero-order valence-electron chi connectivity index (χ0n) is 11.6. The van der Waals surface area contributed by atoms with E-state index in [2.05, 4.69) is 11.5 Å². The van der Waals surface area contributed by atoms with Crippen LogP contribution < -0.4 is 4.74 Å². The number of halogens is 2. The molecule has 21 heavy (non-hydrogen) atoms. The molecule has 3 rings (SSSR count). The Morgan fingerprint density at radius 1 is 1.14 bits per heavy atom. The number of hydrogen-bond acceptors (Lipinski definition) is 1. The third-order valence-electron chi connectivity index (χ3n) is 3.51. The van der Waals surface area contributed by atoms with Crippen LogP contribution in [0.25, 0.3) is 10.9 Å². The molecule has 0 aliphatic rings. The van der Waals surface area contributed by atoms with Crippen LogP contribution in [-0.2, 0) is 13.2 Å². The van der Waals surface area contributed by atoms with Crippen LogP contribution >= 0.6 is 11.6 Å². The van der Waals surface area contributed by atoms with Gasteiger partial charge in [0.2, 0.25) is 0 Å². The van der Waals surface area contributed by atoms with Crippen LogP contribution in [0.1, 0.15) is 12.6 Å². The van der Waals surface area contributed by atoms with Crippen LogP contribution in [-0.4, -0.2) is 4.57 Å². The average Bonchev–Trinajstić information content (AvgIpc) is 2.85. The summed E-state index contributed by atoms with van der Waals surface area (Å²) in [5, 5.41) is 1.71. The number of aromatic nitrogens is 1. The third kappa shape index (κ3) is 2.61. The van der Waals surface area contributed by atoms with Crippen molar-refractivity contribution in [3.63, 3.8) is 0 Å². The second-order valence-corrected chi connectivity index (χ2v) is 5.18. The largest absolute Gasteiger partial charge is 0.484 e. The number of fused-ring (bicyclic) bond motifs is 1. The molecule has 0 radical (unpaired) electrons. The van der Waals surface area contributed by atoms with Gasteiger partial charge in [0.1, 0.15) is 6.61 Å². The van der Waals surface area contributed by atoms with E-state index in [1.54, 1.807) is 18.2 Å². The maximum Gasteiger partial charge on any atom is 0.165 e. The number of benzene rings is 2. The van der Waals surface area contributed by atoms with Gasteiger partial charge in [0.15, 0.2) is 11.6 Å². The standard InChI is InChI=1S/C17H15ClFNO/c1-2-20-12(10-13-14(18)6-5-8-16(13)20)11-21-17-9-4-3-7-15(17)19/h3-10H,2,11H2,1H3. The molecule has 2 aromatic carbocycles. The molecular formula is C17H15ClFNO. The second kappa shape index (κ2) is 5.78. The Balaban J connectivity index is 1.94.